The minimum Gasteiger partial charge on any atom is -0.465 e. The minimum atomic E-state index is -1.08. The summed E-state index contributed by atoms with van der Waals surface area (Å²) in [7, 11) is 0. The maximum absolute atomic E-state index is 12.4. The second-order valence-electron chi connectivity index (χ2n) is 14.5. The third-order valence-corrected chi connectivity index (χ3v) is 8.27. The van der Waals surface area contributed by atoms with E-state index < -0.39 is 28.9 Å². The molecule has 4 atom stereocenters. The highest BCUT2D eigenvalue weighted by molar-refractivity contribution is 5.79. The first-order valence-corrected chi connectivity index (χ1v) is 18.9. The largest absolute Gasteiger partial charge is 0.465 e. The number of hydrogen-bond donors (Lipinski definition) is 1. The molecule has 0 aromatic heterocycles. The summed E-state index contributed by atoms with van der Waals surface area (Å²) >= 11 is 0. The van der Waals surface area contributed by atoms with Crippen molar-refractivity contribution in [1.82, 2.24) is 0 Å². The molecule has 1 aliphatic rings. The number of nitriles is 1. The molecule has 0 saturated carbocycles. The van der Waals surface area contributed by atoms with Gasteiger partial charge in [0.05, 0.1) is 42.5 Å². The van der Waals surface area contributed by atoms with Crippen LogP contribution in [0.2, 0.25) is 0 Å². The van der Waals surface area contributed by atoms with Crippen LogP contribution in [0.25, 0.3) is 0 Å². The van der Waals surface area contributed by atoms with Gasteiger partial charge in [0.15, 0.2) is 1.37 Å². The maximum Gasteiger partial charge on any atom is 0.311 e. The zero-order chi connectivity index (χ0) is 40.9. The van der Waals surface area contributed by atoms with E-state index >= 15 is 0 Å². The quantitative estimate of drug-likeness (QED) is 0.0382. The molecule has 1 N–H and O–H groups in total. The van der Waals surface area contributed by atoms with E-state index in [0.29, 0.717) is 45.7 Å². The van der Waals surface area contributed by atoms with Crippen LogP contribution in [-0.4, -0.2) is 86.8 Å². The van der Waals surface area contributed by atoms with Gasteiger partial charge in [0.1, 0.15) is 32.0 Å². The van der Waals surface area contributed by atoms with Crippen molar-refractivity contribution in [3.8, 4) is 6.55 Å². The van der Waals surface area contributed by atoms with E-state index in [2.05, 4.69) is 18.6 Å². The number of epoxide rings is 1. The van der Waals surface area contributed by atoms with Gasteiger partial charge in [0.25, 0.3) is 0 Å². The first-order valence-electron chi connectivity index (χ1n) is 19.4. The van der Waals surface area contributed by atoms with E-state index in [9.17, 15) is 29.1 Å². The number of ether oxygens (including phenoxy) is 6. The van der Waals surface area contributed by atoms with Crippen molar-refractivity contribution in [2.75, 3.05) is 39.6 Å². The molecule has 0 radical (unpaired) electrons. The molecule has 52 heavy (non-hydrogen) atoms. The van der Waals surface area contributed by atoms with Crippen LogP contribution in [0, 0.1) is 34.5 Å². The molecule has 1 saturated heterocycles. The zero-order valence-electron chi connectivity index (χ0n) is 34.4. The van der Waals surface area contributed by atoms with Crippen LogP contribution in [0.4, 0.5) is 0 Å². The number of nitrogens with zero attached hydrogens (tertiary/aromatic N) is 1. The predicted molar refractivity (Wildman–Crippen MR) is 212 cm³/mol. The Morgan fingerprint density at radius 3 is 1.52 bits per heavy atom. The lowest BCUT2D eigenvalue weighted by atomic mass is 9.81. The van der Waals surface area contributed by atoms with Crippen molar-refractivity contribution in [2.24, 2.45) is 22.7 Å². The van der Waals surface area contributed by atoms with Crippen LogP contribution in [0.15, 0.2) is 0 Å². The van der Waals surface area contributed by atoms with Crippen LogP contribution in [0.3, 0.4) is 0 Å². The second-order valence-corrected chi connectivity index (χ2v) is 14.5. The molecule has 0 aromatic rings. The molecule has 1 heterocycles. The number of aliphatic hydroxyl groups is 1. The van der Waals surface area contributed by atoms with Crippen molar-refractivity contribution in [2.45, 2.75) is 152 Å². The van der Waals surface area contributed by atoms with Gasteiger partial charge < -0.3 is 33.5 Å². The number of unbranched alkanes of at least 4 members (excludes halogenated alkanes) is 4. The molecule has 0 aliphatic carbocycles. The number of aliphatic hydroxyl groups excluding tert-OH is 1. The Hall–Kier alpha value is -3.24. The third-order valence-electron chi connectivity index (χ3n) is 8.27. The van der Waals surface area contributed by atoms with Gasteiger partial charge in [-0.15, -0.1) is 0 Å². The summed E-state index contributed by atoms with van der Waals surface area (Å²) in [5.41, 5.74) is -1.60. The lowest BCUT2D eigenvalue weighted by Crippen LogP contribution is -2.35. The average molecular weight is 762 g/mol. The van der Waals surface area contributed by atoms with E-state index in [1.807, 2.05) is 27.7 Å². The Bertz CT molecular complexity index is 1120. The molecule has 4 unspecified atom stereocenters. The summed E-state index contributed by atoms with van der Waals surface area (Å²) in [6.45, 7) is 18.9. The topological polar surface area (TPSA) is 188 Å². The van der Waals surface area contributed by atoms with Gasteiger partial charge in [-0.25, -0.2) is 5.26 Å². The molecule has 0 spiro atoms. The number of carbonyl (C=O) groups is 5. The van der Waals surface area contributed by atoms with Crippen molar-refractivity contribution < 1.29 is 70.3 Å². The van der Waals surface area contributed by atoms with Crippen molar-refractivity contribution in [3.05, 3.63) is 0 Å². The van der Waals surface area contributed by atoms with Gasteiger partial charge in [-0.2, -0.15) is 0 Å². The molecule has 0 bridgehead atoms. The number of hydrogen-bond acceptors (Lipinski definition) is 13. The Morgan fingerprint density at radius 1 is 0.769 bits per heavy atom. The summed E-state index contributed by atoms with van der Waals surface area (Å²) in [6.07, 6.45) is 8.60. The SMILES string of the molecule is CCCCOC(=O)C(CCCC)CC(C)(C)C(=O)OCC(O)COC(C)=O.CCCCOC(=O)C(CCCC)CC(C)(C)C(=O)OCC1CO1.[3H]C#N.[HH].[HH].[HH].[HH].[HH].[HH].[HH].[HH]. The summed E-state index contributed by atoms with van der Waals surface area (Å²) in [4.78, 5) is 60.1. The molecule has 0 amide bonds. The molecule has 13 nitrogen and oxygen atoms in total. The highest BCUT2D eigenvalue weighted by atomic mass is 16.6. The van der Waals surface area contributed by atoms with E-state index in [1.165, 1.54) is 6.92 Å². The average Bonchev–Trinajstić information content (AvgIpc) is 3.94. The van der Waals surface area contributed by atoms with Crippen molar-refractivity contribution in [3.63, 3.8) is 0 Å². The summed E-state index contributed by atoms with van der Waals surface area (Å²) in [5.74, 6) is -2.35. The van der Waals surface area contributed by atoms with E-state index in [0.717, 1.165) is 64.3 Å². The smallest absolute Gasteiger partial charge is 0.311 e. The van der Waals surface area contributed by atoms with Gasteiger partial charge in [-0.3, -0.25) is 24.0 Å². The van der Waals surface area contributed by atoms with Crippen molar-refractivity contribution in [1.29, 1.82) is 5.26 Å². The van der Waals surface area contributed by atoms with Crippen molar-refractivity contribution >= 4 is 29.8 Å². The number of rotatable bonds is 26. The molecule has 1 rings (SSSR count). The lowest BCUT2D eigenvalue weighted by molar-refractivity contribution is -0.162. The lowest BCUT2D eigenvalue weighted by Gasteiger charge is -2.27. The normalized spacial score (nSPS) is 15.3. The Balaban J connectivity index is -0.0000000895. The van der Waals surface area contributed by atoms with E-state index in [4.69, 9.17) is 30.3 Å². The van der Waals surface area contributed by atoms with E-state index in [-0.39, 0.29) is 60.5 Å². The molecule has 318 valence electrons. The first kappa shape index (κ1) is 48.8. The molecular formula is C39H85NO12. The minimum absolute atomic E-state index is 0. The van der Waals surface area contributed by atoms with Gasteiger partial charge in [0.2, 0.25) is 0 Å². The standard InChI is InChI=1S/C20H36O7.C18H32O5.CHN.8H2/c1-6-8-10-16(18(23)25-11-9-7-2)12-20(4,5)19(24)27-14-17(22)13-26-15(3)21;1-5-7-9-14(16(19)21-10-8-6-2)11-18(3,4)17(20)23-13-15-12-22-15;1-2;;;;;;;;/h16-17,22H,6-14H2,1-5H3;14-15H,5-13H2,1-4H3;1H;8*1H/i;;1T;;;;;;;;. The maximum atomic E-state index is 12.4. The fraction of sp³-hybridized carbons (Fsp3) is 0.846. The highest BCUT2D eigenvalue weighted by Gasteiger charge is 2.37. The zero-order valence-corrected chi connectivity index (χ0v) is 33.4. The third kappa shape index (κ3) is 24.9. The molecule has 0 aromatic carbocycles. The predicted octanol–water partition coefficient (Wildman–Crippen LogP) is 8.62. The second kappa shape index (κ2) is 29.2. The number of esters is 5. The van der Waals surface area contributed by atoms with Gasteiger partial charge in [-0.1, -0.05) is 66.2 Å². The van der Waals surface area contributed by atoms with Gasteiger partial charge >= 0.3 is 29.8 Å². The first-order chi connectivity index (χ1) is 25.0. The van der Waals surface area contributed by atoms with Crippen LogP contribution in [0.1, 0.15) is 152 Å². The molecule has 1 fully saturated rings. The summed E-state index contributed by atoms with van der Waals surface area (Å²) in [6, 6.07) is 0. The summed E-state index contributed by atoms with van der Waals surface area (Å²) < 4.78 is 36.4. The van der Waals surface area contributed by atoms with Crippen LogP contribution in [0.5, 0.6) is 0 Å². The monoisotopic (exact) mass is 762 g/mol. The fourth-order valence-corrected chi connectivity index (χ4v) is 4.93. The summed E-state index contributed by atoms with van der Waals surface area (Å²) in [5, 5.41) is 16.7. The van der Waals surface area contributed by atoms with Gasteiger partial charge in [0, 0.05) is 24.9 Å². The van der Waals surface area contributed by atoms with Crippen LogP contribution >= 0.6 is 0 Å². The van der Waals surface area contributed by atoms with Gasteiger partial charge in [-0.05, 0) is 66.2 Å². The fourth-order valence-electron chi connectivity index (χ4n) is 4.93. The molecule has 13 heteroatoms. The van der Waals surface area contributed by atoms with Crippen LogP contribution in [-0.2, 0) is 52.4 Å². The number of carbonyl (C=O) groups excluding carboxylic acids is 5. The highest BCUT2D eigenvalue weighted by Crippen LogP contribution is 2.32. The molecular weight excluding hydrogens is 674 g/mol. The molecule has 1 aliphatic heterocycles. The Labute approximate surface area is 326 Å². The van der Waals surface area contributed by atoms with Crippen LogP contribution < -0.4 is 0 Å². The Kier molecular flexibility index (Phi) is 27.4. The Morgan fingerprint density at radius 2 is 1.15 bits per heavy atom. The van der Waals surface area contributed by atoms with E-state index in [1.54, 1.807) is 13.8 Å².